The summed E-state index contributed by atoms with van der Waals surface area (Å²) in [6.07, 6.45) is 3.84. The van der Waals surface area contributed by atoms with Crippen LogP contribution in [0.1, 0.15) is 24.8 Å². The number of piperidine rings is 1. The molecule has 1 heterocycles. The van der Waals surface area contributed by atoms with Crippen LogP contribution in [0.4, 0.5) is 0 Å². The predicted octanol–water partition coefficient (Wildman–Crippen LogP) is 2.90. The first kappa shape index (κ1) is 13.9. The van der Waals surface area contributed by atoms with Crippen LogP contribution in [-0.2, 0) is 10.3 Å². The highest BCUT2D eigenvalue weighted by atomic mass is 16.5. The van der Waals surface area contributed by atoms with E-state index in [4.69, 9.17) is 9.47 Å². The third-order valence-electron chi connectivity index (χ3n) is 5.24. The molecule has 0 aromatic heterocycles. The summed E-state index contributed by atoms with van der Waals surface area (Å²) in [5.41, 5.74) is 1.17. The van der Waals surface area contributed by atoms with Crippen molar-refractivity contribution in [3.05, 3.63) is 29.8 Å². The van der Waals surface area contributed by atoms with Crippen molar-refractivity contribution in [3.8, 4) is 5.75 Å². The Morgan fingerprint density at radius 2 is 1.85 bits per heavy atom. The van der Waals surface area contributed by atoms with Gasteiger partial charge in [0.15, 0.2) is 0 Å². The molecule has 1 aromatic rings. The van der Waals surface area contributed by atoms with Crippen molar-refractivity contribution < 1.29 is 9.47 Å². The Morgan fingerprint density at radius 3 is 2.45 bits per heavy atom. The lowest BCUT2D eigenvalue weighted by Gasteiger charge is -2.54. The maximum absolute atomic E-state index is 6.20. The SMILES string of the molecule is COc1cccc(C2(OC)C3CCCC2CN(C)C3)c1. The van der Waals surface area contributed by atoms with Gasteiger partial charge in [0.05, 0.1) is 7.11 Å². The van der Waals surface area contributed by atoms with Gasteiger partial charge in [0, 0.05) is 32.0 Å². The molecular formula is C17H25NO2. The summed E-state index contributed by atoms with van der Waals surface area (Å²) in [6, 6.07) is 8.48. The van der Waals surface area contributed by atoms with Crippen LogP contribution < -0.4 is 4.74 Å². The Labute approximate surface area is 121 Å². The molecule has 1 saturated heterocycles. The number of rotatable bonds is 3. The van der Waals surface area contributed by atoms with Crippen molar-refractivity contribution in [1.29, 1.82) is 0 Å². The van der Waals surface area contributed by atoms with E-state index < -0.39 is 0 Å². The van der Waals surface area contributed by atoms with E-state index in [1.54, 1.807) is 7.11 Å². The molecule has 1 aliphatic carbocycles. The topological polar surface area (TPSA) is 21.7 Å². The van der Waals surface area contributed by atoms with Crippen molar-refractivity contribution in [2.45, 2.75) is 24.9 Å². The van der Waals surface area contributed by atoms with Crippen LogP contribution in [0.2, 0.25) is 0 Å². The number of benzene rings is 1. The van der Waals surface area contributed by atoms with E-state index in [0.29, 0.717) is 11.8 Å². The minimum absolute atomic E-state index is 0.126. The maximum atomic E-state index is 6.20. The lowest BCUT2D eigenvalue weighted by atomic mass is 9.62. The largest absolute Gasteiger partial charge is 0.497 e. The van der Waals surface area contributed by atoms with Gasteiger partial charge >= 0.3 is 0 Å². The summed E-state index contributed by atoms with van der Waals surface area (Å²) < 4.78 is 11.6. The van der Waals surface area contributed by atoms with Gasteiger partial charge in [0.2, 0.25) is 0 Å². The Balaban J connectivity index is 2.05. The van der Waals surface area contributed by atoms with E-state index in [1.165, 1.54) is 24.8 Å². The normalized spacial score (nSPS) is 34.0. The average Bonchev–Trinajstić information content (AvgIpc) is 2.46. The summed E-state index contributed by atoms with van der Waals surface area (Å²) >= 11 is 0. The van der Waals surface area contributed by atoms with Gasteiger partial charge in [-0.2, -0.15) is 0 Å². The Kier molecular flexibility index (Phi) is 3.74. The van der Waals surface area contributed by atoms with E-state index >= 15 is 0 Å². The van der Waals surface area contributed by atoms with Crippen LogP contribution in [0.3, 0.4) is 0 Å². The molecule has 20 heavy (non-hydrogen) atoms. The Hall–Kier alpha value is -1.06. The molecule has 2 atom stereocenters. The zero-order valence-corrected chi connectivity index (χ0v) is 12.8. The first-order valence-corrected chi connectivity index (χ1v) is 7.59. The number of fused-ring (bicyclic) bond motifs is 2. The number of hydrogen-bond donors (Lipinski definition) is 0. The van der Waals surface area contributed by atoms with E-state index in [0.717, 1.165) is 18.8 Å². The monoisotopic (exact) mass is 275 g/mol. The second-order valence-electron chi connectivity index (χ2n) is 6.28. The number of ether oxygens (including phenoxy) is 2. The van der Waals surface area contributed by atoms with Gasteiger partial charge in [0.25, 0.3) is 0 Å². The summed E-state index contributed by atoms with van der Waals surface area (Å²) in [7, 11) is 5.85. The molecule has 0 radical (unpaired) electrons. The van der Waals surface area contributed by atoms with E-state index in [2.05, 4.69) is 30.1 Å². The number of likely N-dealkylation sites (tertiary alicyclic amines) is 1. The fraction of sp³-hybridized carbons (Fsp3) is 0.647. The molecule has 2 fully saturated rings. The smallest absolute Gasteiger partial charge is 0.119 e. The number of methoxy groups -OCH3 is 2. The maximum Gasteiger partial charge on any atom is 0.119 e. The van der Waals surface area contributed by atoms with Gasteiger partial charge in [-0.25, -0.2) is 0 Å². The van der Waals surface area contributed by atoms with Gasteiger partial charge in [-0.05, 0) is 37.6 Å². The first-order valence-electron chi connectivity index (χ1n) is 7.59. The van der Waals surface area contributed by atoms with Gasteiger partial charge < -0.3 is 14.4 Å². The van der Waals surface area contributed by atoms with Gasteiger partial charge in [-0.3, -0.25) is 0 Å². The molecule has 3 nitrogen and oxygen atoms in total. The standard InChI is InChI=1S/C17H25NO2/c1-18-11-14-7-4-8-15(12-18)17(14,20-3)13-6-5-9-16(10-13)19-2/h5-6,9-10,14-15H,4,7-8,11-12H2,1-3H3. The molecule has 0 spiro atoms. The van der Waals surface area contributed by atoms with Crippen LogP contribution in [0.15, 0.2) is 24.3 Å². The average molecular weight is 275 g/mol. The van der Waals surface area contributed by atoms with E-state index in [-0.39, 0.29) is 5.60 Å². The van der Waals surface area contributed by atoms with Crippen LogP contribution in [0.5, 0.6) is 5.75 Å². The van der Waals surface area contributed by atoms with Crippen molar-refractivity contribution in [1.82, 2.24) is 4.90 Å². The van der Waals surface area contributed by atoms with Gasteiger partial charge in [0.1, 0.15) is 11.4 Å². The quantitative estimate of drug-likeness (QED) is 0.846. The summed E-state index contributed by atoms with van der Waals surface area (Å²) in [5.74, 6) is 2.09. The number of hydrogen-bond acceptors (Lipinski definition) is 3. The molecule has 3 rings (SSSR count). The fourth-order valence-corrected chi connectivity index (χ4v) is 4.44. The second kappa shape index (κ2) is 5.38. The molecular weight excluding hydrogens is 250 g/mol. The molecule has 2 unspecified atom stereocenters. The molecule has 1 aliphatic heterocycles. The van der Waals surface area contributed by atoms with Crippen LogP contribution in [0.25, 0.3) is 0 Å². The lowest BCUT2D eigenvalue weighted by molar-refractivity contribution is -0.165. The fourth-order valence-electron chi connectivity index (χ4n) is 4.44. The van der Waals surface area contributed by atoms with Crippen molar-refractivity contribution in [2.75, 3.05) is 34.4 Å². The van der Waals surface area contributed by atoms with Crippen molar-refractivity contribution in [2.24, 2.45) is 11.8 Å². The number of nitrogens with zero attached hydrogens (tertiary/aromatic N) is 1. The zero-order valence-electron chi connectivity index (χ0n) is 12.8. The minimum Gasteiger partial charge on any atom is -0.497 e. The third-order valence-corrected chi connectivity index (χ3v) is 5.24. The summed E-state index contributed by atoms with van der Waals surface area (Å²) in [5, 5.41) is 0. The Bertz CT molecular complexity index is 460. The molecule has 2 aliphatic rings. The van der Waals surface area contributed by atoms with Crippen LogP contribution in [-0.4, -0.2) is 39.3 Å². The Morgan fingerprint density at radius 1 is 1.15 bits per heavy atom. The molecule has 110 valence electrons. The molecule has 1 saturated carbocycles. The minimum atomic E-state index is -0.126. The molecule has 1 aromatic carbocycles. The lowest BCUT2D eigenvalue weighted by Crippen LogP contribution is -2.58. The highest BCUT2D eigenvalue weighted by Gasteiger charge is 2.52. The highest BCUT2D eigenvalue weighted by molar-refractivity contribution is 5.35. The highest BCUT2D eigenvalue weighted by Crippen LogP contribution is 2.51. The molecule has 3 heteroatoms. The van der Waals surface area contributed by atoms with E-state index in [1.807, 2.05) is 13.2 Å². The summed E-state index contributed by atoms with van der Waals surface area (Å²) in [4.78, 5) is 2.46. The van der Waals surface area contributed by atoms with Crippen LogP contribution >= 0.6 is 0 Å². The third kappa shape index (κ3) is 2.04. The van der Waals surface area contributed by atoms with Gasteiger partial charge in [-0.1, -0.05) is 18.6 Å². The zero-order chi connectivity index (χ0) is 14.2. The molecule has 0 amide bonds. The predicted molar refractivity (Wildman–Crippen MR) is 80.0 cm³/mol. The first-order chi connectivity index (χ1) is 9.70. The van der Waals surface area contributed by atoms with E-state index in [9.17, 15) is 0 Å². The molecule has 2 bridgehead atoms. The summed E-state index contributed by atoms with van der Waals surface area (Å²) in [6.45, 7) is 2.25. The second-order valence-corrected chi connectivity index (χ2v) is 6.28. The van der Waals surface area contributed by atoms with Crippen molar-refractivity contribution >= 4 is 0 Å². The molecule has 0 N–H and O–H groups in total. The van der Waals surface area contributed by atoms with Crippen molar-refractivity contribution in [3.63, 3.8) is 0 Å². The van der Waals surface area contributed by atoms with Crippen LogP contribution in [0, 0.1) is 11.8 Å². The van der Waals surface area contributed by atoms with Gasteiger partial charge in [-0.15, -0.1) is 0 Å².